The smallest absolute Gasteiger partial charge is 0.148 e. The van der Waals surface area contributed by atoms with Crippen molar-refractivity contribution >= 4 is 10.9 Å². The van der Waals surface area contributed by atoms with Gasteiger partial charge >= 0.3 is 0 Å². The Labute approximate surface area is 141 Å². The average Bonchev–Trinajstić information content (AvgIpc) is 3.11. The molecule has 0 amide bonds. The van der Waals surface area contributed by atoms with Crippen LogP contribution in [0.15, 0.2) is 24.4 Å². The molecule has 1 unspecified atom stereocenters. The molecule has 1 aliphatic carbocycles. The number of nitrogens with two attached hydrogens (primary N) is 2. The molecule has 0 bridgehead atoms. The van der Waals surface area contributed by atoms with Gasteiger partial charge in [0.2, 0.25) is 0 Å². The predicted molar refractivity (Wildman–Crippen MR) is 91.7 cm³/mol. The van der Waals surface area contributed by atoms with Crippen LogP contribution in [0.5, 0.6) is 5.75 Å². The van der Waals surface area contributed by atoms with Gasteiger partial charge in [0.15, 0.2) is 0 Å². The van der Waals surface area contributed by atoms with Gasteiger partial charge in [0.05, 0.1) is 18.8 Å². The first kappa shape index (κ1) is 15.7. The minimum absolute atomic E-state index is 0.0912. The zero-order valence-corrected chi connectivity index (χ0v) is 13.8. The highest BCUT2D eigenvalue weighted by Gasteiger charge is 2.35. The van der Waals surface area contributed by atoms with E-state index in [9.17, 15) is 0 Å². The first-order valence-electron chi connectivity index (χ1n) is 8.69. The Morgan fingerprint density at radius 3 is 2.79 bits per heavy atom. The molecule has 2 fully saturated rings. The van der Waals surface area contributed by atoms with Crippen molar-refractivity contribution in [2.24, 2.45) is 11.5 Å². The van der Waals surface area contributed by atoms with Crippen molar-refractivity contribution in [2.45, 2.75) is 49.8 Å². The summed E-state index contributed by atoms with van der Waals surface area (Å²) in [4.78, 5) is 9.34. The lowest BCUT2D eigenvalue weighted by atomic mass is 9.80. The summed E-state index contributed by atoms with van der Waals surface area (Å²) >= 11 is 0. The van der Waals surface area contributed by atoms with E-state index >= 15 is 0 Å². The highest BCUT2D eigenvalue weighted by atomic mass is 16.5. The molecule has 1 saturated carbocycles. The second-order valence-corrected chi connectivity index (χ2v) is 6.98. The molecule has 2 heterocycles. The molecule has 2 aliphatic rings. The summed E-state index contributed by atoms with van der Waals surface area (Å²) in [7, 11) is 0. The van der Waals surface area contributed by atoms with Crippen LogP contribution in [0.3, 0.4) is 0 Å². The fourth-order valence-corrected chi connectivity index (χ4v) is 3.53. The molecule has 0 radical (unpaired) electrons. The fraction of sp³-hybridized carbons (Fsp3) is 0.556. The Balaban J connectivity index is 1.68. The molecule has 1 aromatic heterocycles. The minimum Gasteiger partial charge on any atom is -0.486 e. The van der Waals surface area contributed by atoms with Gasteiger partial charge in [0.1, 0.15) is 23.2 Å². The molecule has 6 heteroatoms. The van der Waals surface area contributed by atoms with Crippen LogP contribution < -0.4 is 16.2 Å². The van der Waals surface area contributed by atoms with Crippen molar-refractivity contribution in [3.05, 3.63) is 30.2 Å². The summed E-state index contributed by atoms with van der Waals surface area (Å²) in [6.07, 6.45) is 6.31. The van der Waals surface area contributed by atoms with E-state index in [0.717, 1.165) is 55.4 Å². The van der Waals surface area contributed by atoms with E-state index in [-0.39, 0.29) is 12.1 Å². The van der Waals surface area contributed by atoms with Crippen molar-refractivity contribution in [2.75, 3.05) is 13.2 Å². The van der Waals surface area contributed by atoms with Gasteiger partial charge in [-0.2, -0.15) is 0 Å². The molecule has 24 heavy (non-hydrogen) atoms. The van der Waals surface area contributed by atoms with Gasteiger partial charge in [0.25, 0.3) is 0 Å². The van der Waals surface area contributed by atoms with Crippen LogP contribution in [0, 0.1) is 0 Å². The SMILES string of the molecule is NC1CCC(N)(c2ncc3cccc(OC4CCOC4)c3n2)CC1. The van der Waals surface area contributed by atoms with Crippen molar-refractivity contribution < 1.29 is 9.47 Å². The normalized spacial score (nSPS) is 30.6. The topological polar surface area (TPSA) is 96.3 Å². The number of benzene rings is 1. The molecule has 0 spiro atoms. The van der Waals surface area contributed by atoms with E-state index in [1.165, 1.54) is 0 Å². The number of aromatic nitrogens is 2. The van der Waals surface area contributed by atoms with Crippen molar-refractivity contribution in [3.8, 4) is 5.75 Å². The Hall–Kier alpha value is -1.76. The van der Waals surface area contributed by atoms with E-state index in [1.807, 2.05) is 24.4 Å². The van der Waals surface area contributed by atoms with Crippen LogP contribution in [-0.2, 0) is 10.3 Å². The lowest BCUT2D eigenvalue weighted by Crippen LogP contribution is -2.44. The monoisotopic (exact) mass is 328 g/mol. The number of rotatable bonds is 3. The van der Waals surface area contributed by atoms with Crippen LogP contribution in [0.1, 0.15) is 37.9 Å². The van der Waals surface area contributed by atoms with Gasteiger partial charge in [-0.05, 0) is 31.7 Å². The minimum atomic E-state index is -0.492. The standard InChI is InChI=1S/C18H24N4O2/c19-13-4-7-18(20,8-5-13)17-21-10-12-2-1-3-15(16(12)22-17)24-14-6-9-23-11-14/h1-3,10,13-14H,4-9,11,19-20H2. The number of ether oxygens (including phenoxy) is 2. The molecular weight excluding hydrogens is 304 g/mol. The molecule has 128 valence electrons. The lowest BCUT2D eigenvalue weighted by Gasteiger charge is -2.34. The number of hydrogen-bond donors (Lipinski definition) is 2. The Morgan fingerprint density at radius 2 is 2.04 bits per heavy atom. The van der Waals surface area contributed by atoms with E-state index in [0.29, 0.717) is 12.4 Å². The summed E-state index contributed by atoms with van der Waals surface area (Å²) in [6.45, 7) is 1.38. The highest BCUT2D eigenvalue weighted by molar-refractivity contribution is 5.83. The zero-order chi connectivity index (χ0) is 16.6. The van der Waals surface area contributed by atoms with Gasteiger partial charge in [0, 0.05) is 24.0 Å². The van der Waals surface area contributed by atoms with Crippen molar-refractivity contribution in [1.29, 1.82) is 0 Å². The average molecular weight is 328 g/mol. The lowest BCUT2D eigenvalue weighted by molar-refractivity contribution is 0.142. The van der Waals surface area contributed by atoms with Crippen molar-refractivity contribution in [3.63, 3.8) is 0 Å². The third-order valence-electron chi connectivity index (χ3n) is 5.12. The van der Waals surface area contributed by atoms with Gasteiger partial charge in [-0.25, -0.2) is 9.97 Å². The Kier molecular flexibility index (Phi) is 4.12. The number of hydrogen-bond acceptors (Lipinski definition) is 6. The highest BCUT2D eigenvalue weighted by Crippen LogP contribution is 2.34. The van der Waals surface area contributed by atoms with E-state index in [4.69, 9.17) is 25.9 Å². The first-order valence-corrected chi connectivity index (χ1v) is 8.69. The van der Waals surface area contributed by atoms with Crippen LogP contribution in [-0.4, -0.2) is 35.3 Å². The molecule has 1 atom stereocenters. The zero-order valence-electron chi connectivity index (χ0n) is 13.8. The maximum Gasteiger partial charge on any atom is 0.148 e. The number of nitrogens with zero attached hydrogens (tertiary/aromatic N) is 2. The molecule has 2 aromatic rings. The second kappa shape index (κ2) is 6.27. The second-order valence-electron chi connectivity index (χ2n) is 6.98. The number of para-hydroxylation sites is 1. The molecule has 6 nitrogen and oxygen atoms in total. The van der Waals surface area contributed by atoms with Crippen LogP contribution in [0.2, 0.25) is 0 Å². The molecule has 4 N–H and O–H groups in total. The molecule has 1 aromatic carbocycles. The van der Waals surface area contributed by atoms with E-state index in [2.05, 4.69) is 4.98 Å². The van der Waals surface area contributed by atoms with Crippen LogP contribution >= 0.6 is 0 Å². The predicted octanol–water partition coefficient (Wildman–Crippen LogP) is 1.85. The van der Waals surface area contributed by atoms with E-state index in [1.54, 1.807) is 0 Å². The number of fused-ring (bicyclic) bond motifs is 1. The first-order chi connectivity index (χ1) is 11.6. The van der Waals surface area contributed by atoms with Crippen LogP contribution in [0.4, 0.5) is 0 Å². The maximum atomic E-state index is 6.61. The van der Waals surface area contributed by atoms with Gasteiger partial charge in [-0.15, -0.1) is 0 Å². The Morgan fingerprint density at radius 1 is 1.21 bits per heavy atom. The third-order valence-corrected chi connectivity index (χ3v) is 5.12. The van der Waals surface area contributed by atoms with Gasteiger partial charge in [-0.1, -0.05) is 12.1 Å². The van der Waals surface area contributed by atoms with Crippen LogP contribution in [0.25, 0.3) is 10.9 Å². The molecule has 4 rings (SSSR count). The molecule has 1 aliphatic heterocycles. The van der Waals surface area contributed by atoms with E-state index < -0.39 is 5.54 Å². The molecule has 1 saturated heterocycles. The van der Waals surface area contributed by atoms with Gasteiger partial charge in [-0.3, -0.25) is 0 Å². The molecular formula is C18H24N4O2. The third kappa shape index (κ3) is 2.97. The fourth-order valence-electron chi connectivity index (χ4n) is 3.53. The summed E-state index contributed by atoms with van der Waals surface area (Å²) in [5, 5.41) is 0.964. The summed E-state index contributed by atoms with van der Waals surface area (Å²) in [6, 6.07) is 6.16. The summed E-state index contributed by atoms with van der Waals surface area (Å²) in [5.74, 6) is 1.48. The largest absolute Gasteiger partial charge is 0.486 e. The summed E-state index contributed by atoms with van der Waals surface area (Å²) in [5.41, 5.74) is 13.0. The van der Waals surface area contributed by atoms with Gasteiger partial charge < -0.3 is 20.9 Å². The maximum absolute atomic E-state index is 6.61. The van der Waals surface area contributed by atoms with Crippen molar-refractivity contribution in [1.82, 2.24) is 9.97 Å². The summed E-state index contributed by atoms with van der Waals surface area (Å²) < 4.78 is 11.5. The quantitative estimate of drug-likeness (QED) is 0.892. The Bertz CT molecular complexity index is 722.